The first-order valence-electron chi connectivity index (χ1n) is 8.01. The fraction of sp³-hybridized carbons (Fsp3) is 0.625. The van der Waals surface area contributed by atoms with Crippen molar-refractivity contribution in [1.82, 2.24) is 19.8 Å². The zero-order chi connectivity index (χ0) is 16.4. The number of fused-ring (bicyclic) bond motifs is 1. The Morgan fingerprint density at radius 2 is 2.04 bits per heavy atom. The molecule has 2 fully saturated rings. The quantitative estimate of drug-likeness (QED) is 0.797. The van der Waals surface area contributed by atoms with Crippen molar-refractivity contribution >= 4 is 11.8 Å². The van der Waals surface area contributed by atoms with Gasteiger partial charge in [-0.05, 0) is 20.3 Å². The third-order valence-corrected chi connectivity index (χ3v) is 4.55. The minimum absolute atomic E-state index is 0.0312. The highest BCUT2D eigenvalue weighted by atomic mass is 16.5. The molecule has 7 nitrogen and oxygen atoms in total. The molecule has 3 heterocycles. The maximum absolute atomic E-state index is 12.6. The Balaban J connectivity index is 1.72. The summed E-state index contributed by atoms with van der Waals surface area (Å²) in [6, 6.07) is 0.137. The summed E-state index contributed by atoms with van der Waals surface area (Å²) in [5, 5.41) is 0. The highest BCUT2D eigenvalue weighted by Gasteiger charge is 2.37. The van der Waals surface area contributed by atoms with E-state index in [1.54, 1.807) is 0 Å². The van der Waals surface area contributed by atoms with Crippen LogP contribution in [0.1, 0.15) is 30.6 Å². The minimum atomic E-state index is -0.0595. The molecule has 2 saturated heterocycles. The Labute approximate surface area is 135 Å². The van der Waals surface area contributed by atoms with E-state index in [-0.39, 0.29) is 36.5 Å². The summed E-state index contributed by atoms with van der Waals surface area (Å²) < 4.78 is 5.78. The molecular weight excluding hydrogens is 296 g/mol. The molecule has 0 radical (unpaired) electrons. The van der Waals surface area contributed by atoms with E-state index in [4.69, 9.17) is 4.74 Å². The summed E-state index contributed by atoms with van der Waals surface area (Å²) in [5.74, 6) is 0.116. The van der Waals surface area contributed by atoms with Gasteiger partial charge in [0, 0.05) is 44.0 Å². The van der Waals surface area contributed by atoms with E-state index in [0.717, 1.165) is 6.42 Å². The van der Waals surface area contributed by atoms with Crippen molar-refractivity contribution in [2.75, 3.05) is 26.2 Å². The summed E-state index contributed by atoms with van der Waals surface area (Å²) in [7, 11) is 0. The molecule has 0 unspecified atom stereocenters. The second-order valence-corrected chi connectivity index (χ2v) is 6.42. The molecule has 23 heavy (non-hydrogen) atoms. The smallest absolute Gasteiger partial charge is 0.257 e. The van der Waals surface area contributed by atoms with Crippen LogP contribution in [0.25, 0.3) is 0 Å². The third-order valence-electron chi connectivity index (χ3n) is 4.55. The van der Waals surface area contributed by atoms with Crippen molar-refractivity contribution in [3.8, 4) is 0 Å². The van der Waals surface area contributed by atoms with Gasteiger partial charge in [-0.1, -0.05) is 0 Å². The van der Waals surface area contributed by atoms with Crippen LogP contribution in [0.3, 0.4) is 0 Å². The van der Waals surface area contributed by atoms with Gasteiger partial charge in [0.15, 0.2) is 0 Å². The molecule has 2 aliphatic heterocycles. The molecule has 0 aliphatic carbocycles. The summed E-state index contributed by atoms with van der Waals surface area (Å²) >= 11 is 0. The van der Waals surface area contributed by atoms with E-state index in [1.165, 1.54) is 18.7 Å². The first kappa shape index (κ1) is 15.9. The molecule has 7 heteroatoms. The van der Waals surface area contributed by atoms with Crippen molar-refractivity contribution in [2.24, 2.45) is 5.92 Å². The molecule has 124 valence electrons. The molecule has 2 atom stereocenters. The molecule has 0 bridgehead atoms. The van der Waals surface area contributed by atoms with Crippen molar-refractivity contribution in [2.45, 2.75) is 32.4 Å². The number of nitrogens with zero attached hydrogens (tertiary/aromatic N) is 4. The number of carbonyl (C=O) groups is 2. The zero-order valence-electron chi connectivity index (χ0n) is 13.5. The number of piperidine rings is 1. The van der Waals surface area contributed by atoms with Crippen LogP contribution in [0.2, 0.25) is 0 Å². The number of rotatable bonds is 2. The summed E-state index contributed by atoms with van der Waals surface area (Å²) in [6.45, 7) is 6.01. The van der Waals surface area contributed by atoms with Gasteiger partial charge in [-0.25, -0.2) is 9.97 Å². The lowest BCUT2D eigenvalue weighted by Gasteiger charge is -2.38. The predicted molar refractivity (Wildman–Crippen MR) is 82.6 cm³/mol. The topological polar surface area (TPSA) is 75.6 Å². The van der Waals surface area contributed by atoms with Gasteiger partial charge in [0.1, 0.15) is 12.9 Å². The number of carbonyl (C=O) groups excluding carboxylic acids is 2. The normalized spacial score (nSPS) is 25.3. The molecule has 0 aromatic carbocycles. The van der Waals surface area contributed by atoms with Crippen molar-refractivity contribution < 1.29 is 14.3 Å². The molecule has 1 aromatic heterocycles. The first-order valence-corrected chi connectivity index (χ1v) is 8.01. The third kappa shape index (κ3) is 3.34. The van der Waals surface area contributed by atoms with Gasteiger partial charge in [-0.15, -0.1) is 0 Å². The molecule has 1 aromatic rings. The van der Waals surface area contributed by atoms with E-state index >= 15 is 0 Å². The monoisotopic (exact) mass is 318 g/mol. The van der Waals surface area contributed by atoms with Crippen molar-refractivity contribution in [3.63, 3.8) is 0 Å². The fourth-order valence-corrected chi connectivity index (χ4v) is 3.30. The predicted octanol–water partition coefficient (Wildman–Crippen LogP) is 0.575. The second-order valence-electron chi connectivity index (χ2n) is 6.42. The number of aromatic nitrogens is 2. The van der Waals surface area contributed by atoms with Gasteiger partial charge < -0.3 is 14.5 Å². The van der Waals surface area contributed by atoms with Gasteiger partial charge in [-0.2, -0.15) is 0 Å². The number of hydrogen-bond donors (Lipinski definition) is 0. The van der Waals surface area contributed by atoms with Crippen LogP contribution in [-0.2, 0) is 9.53 Å². The summed E-state index contributed by atoms with van der Waals surface area (Å²) in [4.78, 5) is 36.2. The average Bonchev–Trinajstić information content (AvgIpc) is 2.74. The van der Waals surface area contributed by atoms with E-state index in [1.807, 2.05) is 23.6 Å². The zero-order valence-corrected chi connectivity index (χ0v) is 13.5. The summed E-state index contributed by atoms with van der Waals surface area (Å²) in [5.41, 5.74) is 0.497. The van der Waals surface area contributed by atoms with Crippen LogP contribution in [0.4, 0.5) is 0 Å². The van der Waals surface area contributed by atoms with Gasteiger partial charge in [0.05, 0.1) is 11.7 Å². The SMILES string of the molecule is CC(C)N1C[C@H]2CN(C(=O)c3cncnc3)CC[C@@H]2OCC1=O. The lowest BCUT2D eigenvalue weighted by Crippen LogP contribution is -2.50. The Kier molecular flexibility index (Phi) is 4.56. The van der Waals surface area contributed by atoms with Crippen LogP contribution >= 0.6 is 0 Å². The number of amides is 2. The number of hydrogen-bond acceptors (Lipinski definition) is 5. The highest BCUT2D eigenvalue weighted by molar-refractivity contribution is 5.93. The van der Waals surface area contributed by atoms with E-state index < -0.39 is 0 Å². The molecule has 2 aliphatic rings. The average molecular weight is 318 g/mol. The first-order chi connectivity index (χ1) is 11.1. The van der Waals surface area contributed by atoms with E-state index in [0.29, 0.717) is 25.2 Å². The number of likely N-dealkylation sites (tertiary alicyclic amines) is 1. The van der Waals surface area contributed by atoms with E-state index in [2.05, 4.69) is 9.97 Å². The molecule has 0 spiro atoms. The lowest BCUT2D eigenvalue weighted by molar-refractivity contribution is -0.136. The van der Waals surface area contributed by atoms with Crippen LogP contribution < -0.4 is 0 Å². The van der Waals surface area contributed by atoms with Crippen LogP contribution in [0.15, 0.2) is 18.7 Å². The van der Waals surface area contributed by atoms with Gasteiger partial charge >= 0.3 is 0 Å². The standard InChI is InChI=1S/C16H22N4O3/c1-11(2)20-8-13-7-19(4-3-14(13)23-9-15(20)21)16(22)12-5-17-10-18-6-12/h5-6,10-11,13-14H,3-4,7-9H2,1-2H3/t13-,14+/m1/s1. The second kappa shape index (κ2) is 6.62. The van der Waals surface area contributed by atoms with Crippen LogP contribution in [0, 0.1) is 5.92 Å². The number of ether oxygens (including phenoxy) is 1. The Bertz CT molecular complexity index is 578. The molecule has 2 amide bonds. The minimum Gasteiger partial charge on any atom is -0.368 e. The van der Waals surface area contributed by atoms with Crippen LogP contribution in [-0.4, -0.2) is 70.0 Å². The lowest BCUT2D eigenvalue weighted by atomic mass is 9.93. The largest absolute Gasteiger partial charge is 0.368 e. The fourth-order valence-electron chi connectivity index (χ4n) is 3.30. The molecular formula is C16H22N4O3. The van der Waals surface area contributed by atoms with Gasteiger partial charge in [0.25, 0.3) is 5.91 Å². The van der Waals surface area contributed by atoms with Crippen LogP contribution in [0.5, 0.6) is 0 Å². The maximum atomic E-state index is 12.6. The van der Waals surface area contributed by atoms with Crippen molar-refractivity contribution in [3.05, 3.63) is 24.3 Å². The molecule has 3 rings (SSSR count). The Hall–Kier alpha value is -2.02. The Morgan fingerprint density at radius 3 is 2.74 bits per heavy atom. The molecule has 0 saturated carbocycles. The summed E-state index contributed by atoms with van der Waals surface area (Å²) in [6.07, 6.45) is 5.28. The van der Waals surface area contributed by atoms with Crippen molar-refractivity contribution in [1.29, 1.82) is 0 Å². The van der Waals surface area contributed by atoms with E-state index in [9.17, 15) is 9.59 Å². The van der Waals surface area contributed by atoms with Gasteiger partial charge in [-0.3, -0.25) is 9.59 Å². The highest BCUT2D eigenvalue weighted by Crippen LogP contribution is 2.25. The maximum Gasteiger partial charge on any atom is 0.257 e. The Morgan fingerprint density at radius 1 is 1.30 bits per heavy atom. The molecule has 0 N–H and O–H groups in total. The van der Waals surface area contributed by atoms with Gasteiger partial charge in [0.2, 0.25) is 5.91 Å².